The highest BCUT2D eigenvalue weighted by Crippen LogP contribution is 2.22. The van der Waals surface area contributed by atoms with E-state index in [-0.39, 0.29) is 11.4 Å². The summed E-state index contributed by atoms with van der Waals surface area (Å²) in [5, 5.41) is 0. The van der Waals surface area contributed by atoms with Gasteiger partial charge in [0.25, 0.3) is 0 Å². The Morgan fingerprint density at radius 1 is 1.39 bits per heavy atom. The number of esters is 1. The molecule has 0 spiro atoms. The summed E-state index contributed by atoms with van der Waals surface area (Å²) in [5.41, 5.74) is 1.14. The maximum absolute atomic E-state index is 11.3. The summed E-state index contributed by atoms with van der Waals surface area (Å²) < 4.78 is 26.4. The minimum Gasteiger partial charge on any atom is -0.465 e. The Balaban J connectivity index is 2.83. The van der Waals surface area contributed by atoms with E-state index < -0.39 is 11.3 Å². The van der Waals surface area contributed by atoms with Crippen LogP contribution in [0.15, 0.2) is 24.3 Å². The summed E-state index contributed by atoms with van der Waals surface area (Å²) in [6.07, 6.45) is 0. The normalized spacial score (nSPS) is 13.1. The number of carbonyl (C=O) groups excluding carboxylic acids is 1. The molecule has 0 saturated carbocycles. The summed E-state index contributed by atoms with van der Waals surface area (Å²) in [5.74, 6) is -0.381. The van der Waals surface area contributed by atoms with Crippen molar-refractivity contribution >= 4 is 17.2 Å². The number of nitrogens with one attached hydrogen (secondary N) is 1. The fourth-order valence-electron chi connectivity index (χ4n) is 1.52. The SMILES string of the molecule is COC(=O)c1ccc(C(C)(C)CNS(=O)O)cc1. The number of ether oxygens (including phenoxy) is 1. The van der Waals surface area contributed by atoms with E-state index in [0.29, 0.717) is 12.1 Å². The Bertz CT molecular complexity index is 442. The zero-order valence-electron chi connectivity index (χ0n) is 10.6. The molecule has 0 bridgehead atoms. The highest BCUT2D eigenvalue weighted by molar-refractivity contribution is 7.77. The van der Waals surface area contributed by atoms with Crippen LogP contribution in [-0.2, 0) is 21.4 Å². The molecule has 0 amide bonds. The van der Waals surface area contributed by atoms with Crippen LogP contribution in [0.25, 0.3) is 0 Å². The van der Waals surface area contributed by atoms with Crippen molar-refractivity contribution in [3.63, 3.8) is 0 Å². The lowest BCUT2D eigenvalue weighted by molar-refractivity contribution is 0.0600. The second-order valence-corrected chi connectivity index (χ2v) is 5.31. The maximum Gasteiger partial charge on any atom is 0.337 e. The Hall–Kier alpha value is -1.24. The summed E-state index contributed by atoms with van der Waals surface area (Å²) in [7, 11) is 1.33. The van der Waals surface area contributed by atoms with Crippen molar-refractivity contribution in [2.45, 2.75) is 19.3 Å². The van der Waals surface area contributed by atoms with Gasteiger partial charge in [-0.1, -0.05) is 26.0 Å². The molecule has 0 aromatic heterocycles. The van der Waals surface area contributed by atoms with Crippen molar-refractivity contribution in [3.05, 3.63) is 35.4 Å². The van der Waals surface area contributed by atoms with Crippen LogP contribution in [0.2, 0.25) is 0 Å². The molecule has 0 aliphatic heterocycles. The highest BCUT2D eigenvalue weighted by Gasteiger charge is 2.21. The zero-order valence-corrected chi connectivity index (χ0v) is 11.4. The van der Waals surface area contributed by atoms with Gasteiger partial charge in [-0.15, -0.1) is 0 Å². The van der Waals surface area contributed by atoms with Crippen molar-refractivity contribution in [2.75, 3.05) is 13.7 Å². The zero-order chi connectivity index (χ0) is 13.8. The molecule has 1 aromatic carbocycles. The van der Waals surface area contributed by atoms with Gasteiger partial charge in [-0.05, 0) is 17.7 Å². The molecule has 0 radical (unpaired) electrons. The number of methoxy groups -OCH3 is 1. The van der Waals surface area contributed by atoms with Crippen LogP contribution in [-0.4, -0.2) is 28.4 Å². The van der Waals surface area contributed by atoms with Crippen molar-refractivity contribution in [1.29, 1.82) is 0 Å². The van der Waals surface area contributed by atoms with Gasteiger partial charge in [-0.3, -0.25) is 4.55 Å². The van der Waals surface area contributed by atoms with Crippen LogP contribution >= 0.6 is 0 Å². The first-order valence-corrected chi connectivity index (χ1v) is 6.51. The third-order valence-electron chi connectivity index (χ3n) is 2.73. The average molecular weight is 271 g/mol. The highest BCUT2D eigenvalue weighted by atomic mass is 32.2. The predicted molar refractivity (Wildman–Crippen MR) is 69.6 cm³/mol. The van der Waals surface area contributed by atoms with Crippen LogP contribution in [0.1, 0.15) is 29.8 Å². The molecule has 0 fully saturated rings. The third kappa shape index (κ3) is 3.90. The number of hydrogen-bond donors (Lipinski definition) is 2. The van der Waals surface area contributed by atoms with Crippen molar-refractivity contribution < 1.29 is 18.3 Å². The topological polar surface area (TPSA) is 75.6 Å². The molecule has 0 heterocycles. The molecule has 6 heteroatoms. The average Bonchev–Trinajstić information content (AvgIpc) is 2.36. The lowest BCUT2D eigenvalue weighted by Crippen LogP contribution is -2.33. The lowest BCUT2D eigenvalue weighted by Gasteiger charge is -2.24. The van der Waals surface area contributed by atoms with Gasteiger partial charge in [0.2, 0.25) is 11.3 Å². The Morgan fingerprint density at radius 2 is 1.94 bits per heavy atom. The Kier molecular flexibility index (Phi) is 5.01. The fraction of sp³-hybridized carbons (Fsp3) is 0.417. The molecule has 1 aromatic rings. The minimum atomic E-state index is -2.02. The van der Waals surface area contributed by atoms with Crippen molar-refractivity contribution in [2.24, 2.45) is 0 Å². The largest absolute Gasteiger partial charge is 0.465 e. The molecule has 2 N–H and O–H groups in total. The van der Waals surface area contributed by atoms with Crippen molar-refractivity contribution in [1.82, 2.24) is 4.72 Å². The standard InChI is InChI=1S/C12H17NO4S/c1-12(2,8-13-18(15)16)10-6-4-9(5-7-10)11(14)17-3/h4-7,13H,8H2,1-3H3,(H,15,16). The van der Waals surface area contributed by atoms with E-state index in [1.807, 2.05) is 26.0 Å². The van der Waals surface area contributed by atoms with Gasteiger partial charge in [-0.2, -0.15) is 0 Å². The molecular formula is C12H17NO4S. The summed E-state index contributed by atoms with van der Waals surface area (Å²) in [6.45, 7) is 4.24. The quantitative estimate of drug-likeness (QED) is 0.628. The van der Waals surface area contributed by atoms with Gasteiger partial charge in [0.1, 0.15) is 0 Å². The molecule has 1 unspecified atom stereocenters. The predicted octanol–water partition coefficient (Wildman–Crippen LogP) is 1.48. The molecule has 5 nitrogen and oxygen atoms in total. The van der Waals surface area contributed by atoms with E-state index in [1.165, 1.54) is 7.11 Å². The van der Waals surface area contributed by atoms with E-state index in [0.717, 1.165) is 5.56 Å². The first kappa shape index (κ1) is 14.8. The van der Waals surface area contributed by atoms with Crippen molar-refractivity contribution in [3.8, 4) is 0 Å². The van der Waals surface area contributed by atoms with Gasteiger partial charge < -0.3 is 4.74 Å². The van der Waals surface area contributed by atoms with Gasteiger partial charge in [0.15, 0.2) is 0 Å². The molecule has 1 rings (SSSR count). The molecule has 0 aliphatic rings. The van der Waals surface area contributed by atoms with Gasteiger partial charge >= 0.3 is 5.97 Å². The second-order valence-electron chi connectivity index (χ2n) is 4.52. The van der Waals surface area contributed by atoms with Gasteiger partial charge in [-0.25, -0.2) is 13.7 Å². The monoisotopic (exact) mass is 271 g/mol. The molecule has 0 aliphatic carbocycles. The van der Waals surface area contributed by atoms with Crippen LogP contribution in [0.3, 0.4) is 0 Å². The Morgan fingerprint density at radius 3 is 2.39 bits per heavy atom. The fourth-order valence-corrected chi connectivity index (χ4v) is 2.00. The van der Waals surface area contributed by atoms with E-state index >= 15 is 0 Å². The summed E-state index contributed by atoms with van der Waals surface area (Å²) >= 11 is -2.02. The van der Waals surface area contributed by atoms with E-state index in [4.69, 9.17) is 4.55 Å². The molecule has 1 atom stereocenters. The van der Waals surface area contributed by atoms with Crippen LogP contribution < -0.4 is 4.72 Å². The number of carbonyl (C=O) groups is 1. The number of benzene rings is 1. The molecule has 18 heavy (non-hydrogen) atoms. The number of rotatable bonds is 5. The second kappa shape index (κ2) is 6.08. The summed E-state index contributed by atoms with van der Waals surface area (Å²) in [4.78, 5) is 11.3. The minimum absolute atomic E-state index is 0.312. The molecule has 0 saturated heterocycles. The van der Waals surface area contributed by atoms with Crippen LogP contribution in [0, 0.1) is 0 Å². The lowest BCUT2D eigenvalue weighted by atomic mass is 9.84. The van der Waals surface area contributed by atoms with E-state index in [2.05, 4.69) is 9.46 Å². The third-order valence-corrected chi connectivity index (χ3v) is 3.12. The van der Waals surface area contributed by atoms with E-state index in [9.17, 15) is 9.00 Å². The number of hydrogen-bond acceptors (Lipinski definition) is 3. The maximum atomic E-state index is 11.3. The summed E-state index contributed by atoms with van der Waals surface area (Å²) in [6, 6.07) is 6.99. The van der Waals surface area contributed by atoms with Crippen LogP contribution in [0.4, 0.5) is 0 Å². The van der Waals surface area contributed by atoms with E-state index in [1.54, 1.807) is 12.1 Å². The molecule has 100 valence electrons. The van der Waals surface area contributed by atoms with Crippen LogP contribution in [0.5, 0.6) is 0 Å². The first-order chi connectivity index (χ1) is 8.36. The van der Waals surface area contributed by atoms with Gasteiger partial charge in [0, 0.05) is 12.0 Å². The molecular weight excluding hydrogens is 254 g/mol. The smallest absolute Gasteiger partial charge is 0.337 e. The Labute approximate surface area is 109 Å². The van der Waals surface area contributed by atoms with Gasteiger partial charge in [0.05, 0.1) is 12.7 Å². The first-order valence-electron chi connectivity index (χ1n) is 5.40.